The first kappa shape index (κ1) is 15.4. The summed E-state index contributed by atoms with van der Waals surface area (Å²) in [6, 6.07) is 10.6. The van der Waals surface area contributed by atoms with Crippen molar-refractivity contribution in [3.63, 3.8) is 0 Å². The second-order valence-corrected chi connectivity index (χ2v) is 5.36. The van der Waals surface area contributed by atoms with Crippen molar-refractivity contribution in [2.24, 2.45) is 0 Å². The van der Waals surface area contributed by atoms with Crippen LogP contribution in [0.4, 0.5) is 5.82 Å². The lowest BCUT2D eigenvalue weighted by Gasteiger charge is -2.24. The Balaban J connectivity index is 2.17. The Hall–Kier alpha value is -1.94. The first-order valence-corrected chi connectivity index (χ1v) is 7.52. The minimum atomic E-state index is 0.462. The number of aromatic nitrogens is 2. The molecule has 0 aliphatic rings. The van der Waals surface area contributed by atoms with E-state index in [1.54, 1.807) is 0 Å². The normalized spacial score (nSPS) is 10.9. The fourth-order valence-corrected chi connectivity index (χ4v) is 2.19. The van der Waals surface area contributed by atoms with Crippen LogP contribution in [-0.2, 0) is 13.1 Å². The summed E-state index contributed by atoms with van der Waals surface area (Å²) in [7, 11) is 0. The number of rotatable bonds is 7. The van der Waals surface area contributed by atoms with Crippen molar-refractivity contribution in [1.82, 2.24) is 15.3 Å². The Morgan fingerprint density at radius 3 is 2.57 bits per heavy atom. The van der Waals surface area contributed by atoms with Gasteiger partial charge in [-0.25, -0.2) is 4.98 Å². The highest BCUT2D eigenvalue weighted by atomic mass is 15.2. The summed E-state index contributed by atoms with van der Waals surface area (Å²) in [5, 5.41) is 3.46. The highest BCUT2D eigenvalue weighted by Crippen LogP contribution is 2.19. The Labute approximate surface area is 127 Å². The van der Waals surface area contributed by atoms with Crippen LogP contribution in [0.25, 0.3) is 0 Å². The molecule has 0 aliphatic heterocycles. The van der Waals surface area contributed by atoms with Crippen LogP contribution < -0.4 is 10.2 Å². The molecule has 0 atom stereocenters. The molecule has 0 radical (unpaired) electrons. The molecule has 0 amide bonds. The van der Waals surface area contributed by atoms with E-state index < -0.39 is 0 Å². The molecular weight excluding hydrogens is 260 g/mol. The van der Waals surface area contributed by atoms with E-state index in [0.29, 0.717) is 6.04 Å². The van der Waals surface area contributed by atoms with Crippen molar-refractivity contribution in [2.75, 3.05) is 11.4 Å². The van der Waals surface area contributed by atoms with Crippen LogP contribution in [0, 0.1) is 0 Å². The second-order valence-electron chi connectivity index (χ2n) is 5.36. The molecule has 112 valence electrons. The van der Waals surface area contributed by atoms with Gasteiger partial charge in [-0.1, -0.05) is 26.0 Å². The quantitative estimate of drug-likeness (QED) is 0.848. The maximum Gasteiger partial charge on any atom is 0.133 e. The molecule has 2 rings (SSSR count). The van der Waals surface area contributed by atoms with Gasteiger partial charge in [-0.2, -0.15) is 0 Å². The number of anilines is 1. The molecule has 0 unspecified atom stereocenters. The zero-order chi connectivity index (χ0) is 15.1. The number of hydrogen-bond acceptors (Lipinski definition) is 4. The summed E-state index contributed by atoms with van der Waals surface area (Å²) in [5.74, 6) is 1.04. The maximum atomic E-state index is 4.58. The van der Waals surface area contributed by atoms with Gasteiger partial charge in [0.15, 0.2) is 0 Å². The van der Waals surface area contributed by atoms with E-state index in [9.17, 15) is 0 Å². The molecule has 0 fully saturated rings. The third-order valence-electron chi connectivity index (χ3n) is 3.33. The molecule has 1 N–H and O–H groups in total. The summed E-state index contributed by atoms with van der Waals surface area (Å²) >= 11 is 0. The predicted octanol–water partition coefficient (Wildman–Crippen LogP) is 3.00. The molecule has 4 heteroatoms. The van der Waals surface area contributed by atoms with Crippen LogP contribution in [0.2, 0.25) is 0 Å². The van der Waals surface area contributed by atoms with Crippen molar-refractivity contribution in [3.8, 4) is 0 Å². The lowest BCUT2D eigenvalue weighted by molar-refractivity contribution is 0.586. The van der Waals surface area contributed by atoms with E-state index >= 15 is 0 Å². The van der Waals surface area contributed by atoms with Crippen molar-refractivity contribution >= 4 is 5.82 Å². The number of nitrogens with one attached hydrogen (secondary N) is 1. The van der Waals surface area contributed by atoms with Crippen molar-refractivity contribution in [1.29, 1.82) is 0 Å². The standard InChI is InChI=1S/C17H24N4/c1-4-21(13-16-9-5-6-10-18-16)17-15(8-7-11-19-17)12-20-14(2)3/h5-11,14,20H,4,12-13H2,1-3H3. The molecule has 0 saturated heterocycles. The summed E-state index contributed by atoms with van der Waals surface area (Å²) in [5.41, 5.74) is 2.29. The molecule has 2 aromatic rings. The van der Waals surface area contributed by atoms with Gasteiger partial charge in [-0.3, -0.25) is 4.98 Å². The summed E-state index contributed by atoms with van der Waals surface area (Å²) < 4.78 is 0. The van der Waals surface area contributed by atoms with Gasteiger partial charge in [-0.05, 0) is 25.1 Å². The molecule has 2 heterocycles. The third-order valence-corrected chi connectivity index (χ3v) is 3.33. The first-order valence-electron chi connectivity index (χ1n) is 7.52. The Morgan fingerprint density at radius 2 is 1.90 bits per heavy atom. The molecule has 0 aliphatic carbocycles. The maximum absolute atomic E-state index is 4.58. The molecule has 21 heavy (non-hydrogen) atoms. The topological polar surface area (TPSA) is 41.1 Å². The SMILES string of the molecule is CCN(Cc1ccccn1)c1ncccc1CNC(C)C. The second kappa shape index (κ2) is 7.74. The van der Waals surface area contributed by atoms with E-state index in [1.807, 2.05) is 30.6 Å². The molecule has 0 bridgehead atoms. The van der Waals surface area contributed by atoms with E-state index in [4.69, 9.17) is 0 Å². The average Bonchev–Trinajstić information content (AvgIpc) is 2.52. The minimum absolute atomic E-state index is 0.462. The Bertz CT molecular complexity index is 539. The molecule has 0 spiro atoms. The van der Waals surface area contributed by atoms with E-state index in [1.165, 1.54) is 5.56 Å². The summed E-state index contributed by atoms with van der Waals surface area (Å²) in [6.45, 7) is 8.98. The highest BCUT2D eigenvalue weighted by molar-refractivity contribution is 5.46. The zero-order valence-electron chi connectivity index (χ0n) is 13.1. The van der Waals surface area contributed by atoms with Crippen LogP contribution in [0.5, 0.6) is 0 Å². The fraction of sp³-hybridized carbons (Fsp3) is 0.412. The number of nitrogens with zero attached hydrogens (tertiary/aromatic N) is 3. The lowest BCUT2D eigenvalue weighted by Crippen LogP contribution is -2.27. The molecular formula is C17H24N4. The first-order chi connectivity index (χ1) is 10.2. The van der Waals surface area contributed by atoms with E-state index in [-0.39, 0.29) is 0 Å². The summed E-state index contributed by atoms with van der Waals surface area (Å²) in [6.07, 6.45) is 3.69. The predicted molar refractivity (Wildman–Crippen MR) is 87.2 cm³/mol. The fourth-order valence-electron chi connectivity index (χ4n) is 2.19. The largest absolute Gasteiger partial charge is 0.351 e. The van der Waals surface area contributed by atoms with Crippen LogP contribution in [0.15, 0.2) is 42.7 Å². The third kappa shape index (κ3) is 4.53. The van der Waals surface area contributed by atoms with Crippen LogP contribution in [0.3, 0.4) is 0 Å². The van der Waals surface area contributed by atoms with Gasteiger partial charge >= 0.3 is 0 Å². The Morgan fingerprint density at radius 1 is 1.10 bits per heavy atom. The van der Waals surface area contributed by atoms with Crippen molar-refractivity contribution in [3.05, 3.63) is 54.0 Å². The lowest BCUT2D eigenvalue weighted by atomic mass is 10.2. The van der Waals surface area contributed by atoms with Crippen LogP contribution in [-0.4, -0.2) is 22.6 Å². The van der Waals surface area contributed by atoms with Crippen LogP contribution >= 0.6 is 0 Å². The summed E-state index contributed by atoms with van der Waals surface area (Å²) in [4.78, 5) is 11.3. The van der Waals surface area contributed by atoms with Crippen LogP contribution in [0.1, 0.15) is 32.0 Å². The van der Waals surface area contributed by atoms with Gasteiger partial charge in [0.25, 0.3) is 0 Å². The van der Waals surface area contributed by atoms with Gasteiger partial charge in [0.2, 0.25) is 0 Å². The van der Waals surface area contributed by atoms with Gasteiger partial charge in [0.1, 0.15) is 5.82 Å². The van der Waals surface area contributed by atoms with E-state index in [0.717, 1.165) is 31.1 Å². The van der Waals surface area contributed by atoms with Crippen molar-refractivity contribution < 1.29 is 0 Å². The number of pyridine rings is 2. The average molecular weight is 284 g/mol. The van der Waals surface area contributed by atoms with Gasteiger partial charge in [-0.15, -0.1) is 0 Å². The smallest absolute Gasteiger partial charge is 0.133 e. The number of hydrogen-bond donors (Lipinski definition) is 1. The van der Waals surface area contributed by atoms with E-state index in [2.05, 4.69) is 53.1 Å². The molecule has 0 aromatic carbocycles. The van der Waals surface area contributed by atoms with Gasteiger partial charge in [0, 0.05) is 37.1 Å². The Kier molecular flexibility index (Phi) is 5.69. The monoisotopic (exact) mass is 284 g/mol. The van der Waals surface area contributed by atoms with Gasteiger partial charge in [0.05, 0.1) is 12.2 Å². The molecule has 2 aromatic heterocycles. The minimum Gasteiger partial charge on any atom is -0.351 e. The molecule has 4 nitrogen and oxygen atoms in total. The van der Waals surface area contributed by atoms with Gasteiger partial charge < -0.3 is 10.2 Å². The zero-order valence-corrected chi connectivity index (χ0v) is 13.1. The highest BCUT2D eigenvalue weighted by Gasteiger charge is 2.12. The van der Waals surface area contributed by atoms with Crippen molar-refractivity contribution in [2.45, 2.75) is 39.9 Å². The molecule has 0 saturated carbocycles.